The van der Waals surface area contributed by atoms with E-state index in [1.165, 1.54) is 12.1 Å². The molecule has 0 radical (unpaired) electrons. The van der Waals surface area contributed by atoms with E-state index in [2.05, 4.69) is 26.0 Å². The predicted octanol–water partition coefficient (Wildman–Crippen LogP) is 3.82. The van der Waals surface area contributed by atoms with Gasteiger partial charge in [0.15, 0.2) is 0 Å². The van der Waals surface area contributed by atoms with Crippen molar-refractivity contribution in [1.29, 1.82) is 0 Å². The summed E-state index contributed by atoms with van der Waals surface area (Å²) < 4.78 is 40.6. The first-order chi connectivity index (χ1) is 14.9. The van der Waals surface area contributed by atoms with Crippen LogP contribution in [0.2, 0.25) is 0 Å². The lowest BCUT2D eigenvalue weighted by molar-refractivity contribution is -0.137. The molecular weight excluding hydrogens is 405 g/mol. The number of hydrogen-bond acceptors (Lipinski definition) is 5. The number of aromatic nitrogens is 4. The van der Waals surface area contributed by atoms with Gasteiger partial charge in [0.2, 0.25) is 0 Å². The molecular formula is C22H23F3N6. The van der Waals surface area contributed by atoms with Crippen molar-refractivity contribution in [2.75, 3.05) is 37.6 Å². The topological polar surface area (TPSA) is 50.1 Å². The largest absolute Gasteiger partial charge is 0.416 e. The molecule has 0 spiro atoms. The molecule has 162 valence electrons. The highest BCUT2D eigenvalue weighted by atomic mass is 19.4. The molecule has 0 amide bonds. The third-order valence-electron chi connectivity index (χ3n) is 5.36. The van der Waals surface area contributed by atoms with Gasteiger partial charge >= 0.3 is 6.18 Å². The average molecular weight is 428 g/mol. The fraction of sp³-hybridized carbons (Fsp3) is 0.318. The van der Waals surface area contributed by atoms with Gasteiger partial charge in [0.05, 0.1) is 17.5 Å². The maximum absolute atomic E-state index is 13.0. The van der Waals surface area contributed by atoms with Gasteiger partial charge in [0, 0.05) is 56.4 Å². The van der Waals surface area contributed by atoms with Crippen molar-refractivity contribution in [3.63, 3.8) is 0 Å². The van der Waals surface area contributed by atoms with E-state index in [0.29, 0.717) is 24.7 Å². The van der Waals surface area contributed by atoms with Crippen molar-refractivity contribution in [2.24, 2.45) is 0 Å². The van der Waals surface area contributed by atoms with Gasteiger partial charge in [-0.25, -0.2) is 14.6 Å². The number of benzene rings is 1. The summed E-state index contributed by atoms with van der Waals surface area (Å²) >= 11 is 0. The Morgan fingerprint density at radius 1 is 1.03 bits per heavy atom. The van der Waals surface area contributed by atoms with Crippen LogP contribution in [0.4, 0.5) is 18.9 Å². The van der Waals surface area contributed by atoms with Crippen molar-refractivity contribution < 1.29 is 13.2 Å². The predicted molar refractivity (Wildman–Crippen MR) is 113 cm³/mol. The summed E-state index contributed by atoms with van der Waals surface area (Å²) in [5, 5.41) is 4.36. The van der Waals surface area contributed by atoms with Gasteiger partial charge in [-0.2, -0.15) is 18.3 Å². The summed E-state index contributed by atoms with van der Waals surface area (Å²) in [7, 11) is 0. The SMILES string of the molecule is Cc1c(/C=C/CN2CCN(c3cccc(C(F)(F)F)c3)CC2)cnn1-c1ncccn1. The van der Waals surface area contributed by atoms with E-state index in [0.717, 1.165) is 37.0 Å². The molecule has 2 aromatic heterocycles. The number of nitrogens with zero attached hydrogens (tertiary/aromatic N) is 6. The number of halogens is 3. The molecule has 9 heteroatoms. The molecule has 0 N–H and O–H groups in total. The van der Waals surface area contributed by atoms with Crippen molar-refractivity contribution in [1.82, 2.24) is 24.6 Å². The molecule has 0 aliphatic carbocycles. The van der Waals surface area contributed by atoms with Crippen LogP contribution in [0.25, 0.3) is 12.0 Å². The highest BCUT2D eigenvalue weighted by Gasteiger charge is 2.31. The Labute approximate surface area is 178 Å². The van der Waals surface area contributed by atoms with Gasteiger partial charge in [-0.05, 0) is 31.2 Å². The zero-order valence-corrected chi connectivity index (χ0v) is 17.1. The highest BCUT2D eigenvalue weighted by Crippen LogP contribution is 2.31. The summed E-state index contributed by atoms with van der Waals surface area (Å²) in [4.78, 5) is 12.7. The minimum absolute atomic E-state index is 0.533. The van der Waals surface area contributed by atoms with Gasteiger partial charge in [0.25, 0.3) is 5.95 Å². The van der Waals surface area contributed by atoms with E-state index >= 15 is 0 Å². The molecule has 31 heavy (non-hydrogen) atoms. The number of rotatable bonds is 5. The van der Waals surface area contributed by atoms with Gasteiger partial charge in [-0.15, -0.1) is 0 Å². The quantitative estimate of drug-likeness (QED) is 0.618. The molecule has 1 aliphatic heterocycles. The molecule has 1 fully saturated rings. The van der Waals surface area contributed by atoms with E-state index < -0.39 is 11.7 Å². The lowest BCUT2D eigenvalue weighted by Gasteiger charge is -2.35. The first-order valence-electron chi connectivity index (χ1n) is 10.0. The molecule has 0 saturated carbocycles. The fourth-order valence-electron chi connectivity index (χ4n) is 3.58. The van der Waals surface area contributed by atoms with Crippen molar-refractivity contribution >= 4 is 11.8 Å². The zero-order valence-electron chi connectivity index (χ0n) is 17.1. The second kappa shape index (κ2) is 8.89. The molecule has 4 rings (SSSR count). The maximum Gasteiger partial charge on any atom is 0.416 e. The molecule has 1 aliphatic rings. The minimum Gasteiger partial charge on any atom is -0.369 e. The molecule has 3 heterocycles. The average Bonchev–Trinajstić information content (AvgIpc) is 3.15. The molecule has 0 unspecified atom stereocenters. The van der Waals surface area contributed by atoms with Gasteiger partial charge < -0.3 is 4.90 Å². The van der Waals surface area contributed by atoms with E-state index in [1.54, 1.807) is 35.4 Å². The van der Waals surface area contributed by atoms with E-state index in [4.69, 9.17) is 0 Å². The number of hydrogen-bond donors (Lipinski definition) is 0. The summed E-state index contributed by atoms with van der Waals surface area (Å²) in [6.45, 7) is 5.70. The number of piperazine rings is 1. The van der Waals surface area contributed by atoms with Gasteiger partial charge in [0.1, 0.15) is 0 Å². The van der Waals surface area contributed by atoms with Crippen LogP contribution < -0.4 is 4.90 Å². The van der Waals surface area contributed by atoms with Crippen LogP contribution in [0.5, 0.6) is 0 Å². The normalized spacial score (nSPS) is 15.7. The third-order valence-corrected chi connectivity index (χ3v) is 5.36. The molecule has 1 saturated heterocycles. The van der Waals surface area contributed by atoms with Crippen LogP contribution >= 0.6 is 0 Å². The van der Waals surface area contributed by atoms with Crippen LogP contribution in [0.3, 0.4) is 0 Å². The fourth-order valence-corrected chi connectivity index (χ4v) is 3.58. The van der Waals surface area contributed by atoms with Crippen LogP contribution in [0, 0.1) is 6.92 Å². The Balaban J connectivity index is 1.32. The summed E-state index contributed by atoms with van der Waals surface area (Å²) in [6, 6.07) is 7.30. The Morgan fingerprint density at radius 3 is 2.48 bits per heavy atom. The van der Waals surface area contributed by atoms with Crippen LogP contribution in [0.15, 0.2) is 55.0 Å². The minimum atomic E-state index is -4.32. The molecule has 1 aromatic carbocycles. The molecule has 0 bridgehead atoms. The first-order valence-corrected chi connectivity index (χ1v) is 10.0. The van der Waals surface area contributed by atoms with Crippen LogP contribution in [0.1, 0.15) is 16.8 Å². The molecule has 0 atom stereocenters. The Kier molecular flexibility index (Phi) is 6.03. The molecule has 3 aromatic rings. The Morgan fingerprint density at radius 2 is 1.77 bits per heavy atom. The summed E-state index contributed by atoms with van der Waals surface area (Å²) in [5.41, 5.74) is 1.97. The lowest BCUT2D eigenvalue weighted by atomic mass is 10.1. The van der Waals surface area contributed by atoms with Crippen molar-refractivity contribution in [3.05, 3.63) is 71.8 Å². The van der Waals surface area contributed by atoms with Gasteiger partial charge in [-0.3, -0.25) is 4.90 Å². The lowest BCUT2D eigenvalue weighted by Crippen LogP contribution is -2.46. The van der Waals surface area contributed by atoms with Crippen LogP contribution in [-0.2, 0) is 6.18 Å². The van der Waals surface area contributed by atoms with E-state index in [1.807, 2.05) is 17.9 Å². The summed E-state index contributed by atoms with van der Waals surface area (Å²) in [6.07, 6.45) is 4.94. The van der Waals surface area contributed by atoms with Crippen molar-refractivity contribution in [2.45, 2.75) is 13.1 Å². The maximum atomic E-state index is 13.0. The monoisotopic (exact) mass is 428 g/mol. The zero-order chi connectivity index (χ0) is 21.8. The number of alkyl halides is 3. The van der Waals surface area contributed by atoms with E-state index in [9.17, 15) is 13.2 Å². The molecule has 6 nitrogen and oxygen atoms in total. The smallest absolute Gasteiger partial charge is 0.369 e. The second-order valence-electron chi connectivity index (χ2n) is 7.38. The first kappa shape index (κ1) is 21.0. The summed E-state index contributed by atoms with van der Waals surface area (Å²) in [5.74, 6) is 0.533. The Bertz CT molecular complexity index is 1040. The standard InChI is InChI=1S/C22H23F3N6/c1-17-18(16-28-31(17)21-26-8-4-9-27-21)5-3-10-29-11-13-30(14-12-29)20-7-2-6-19(15-20)22(23,24)25/h2-9,15-16H,10-14H2,1H3/b5-3+. The highest BCUT2D eigenvalue weighted by molar-refractivity contribution is 5.52. The van der Waals surface area contributed by atoms with Crippen molar-refractivity contribution in [3.8, 4) is 5.95 Å². The Hall–Kier alpha value is -3.20. The van der Waals surface area contributed by atoms with Gasteiger partial charge in [-0.1, -0.05) is 18.2 Å². The van der Waals surface area contributed by atoms with E-state index in [-0.39, 0.29) is 0 Å². The number of anilines is 1. The third kappa shape index (κ3) is 4.93. The van der Waals surface area contributed by atoms with Crippen LogP contribution in [-0.4, -0.2) is 57.4 Å². The second-order valence-corrected chi connectivity index (χ2v) is 7.38.